The molecule has 0 aromatic heterocycles. The molecule has 0 saturated heterocycles. The maximum absolute atomic E-state index is 12.6. The van der Waals surface area contributed by atoms with Crippen molar-refractivity contribution in [2.75, 3.05) is 0 Å². The molecule has 0 heterocycles. The summed E-state index contributed by atoms with van der Waals surface area (Å²) in [4.78, 5) is 25.1. The van der Waals surface area contributed by atoms with Crippen LogP contribution < -0.4 is 10.7 Å². The van der Waals surface area contributed by atoms with Crippen LogP contribution in [0.5, 0.6) is 0 Å². The van der Waals surface area contributed by atoms with E-state index in [0.717, 1.165) is 5.56 Å². The quantitative estimate of drug-likeness (QED) is 0.485. The summed E-state index contributed by atoms with van der Waals surface area (Å²) in [6, 6.07) is 13.9. The van der Waals surface area contributed by atoms with Gasteiger partial charge in [0, 0.05) is 10.6 Å². The van der Waals surface area contributed by atoms with Gasteiger partial charge in [0.15, 0.2) is 0 Å². The molecule has 2 aromatic rings. The lowest BCUT2D eigenvalue weighted by molar-refractivity contribution is -0.123. The van der Waals surface area contributed by atoms with Gasteiger partial charge in [-0.15, -0.1) is 0 Å². The van der Waals surface area contributed by atoms with Gasteiger partial charge in [-0.25, -0.2) is 5.43 Å². The SMILES string of the molecule is CC(C)CC(NC(=O)c1ccc(Cl)cc1)C(=O)NN=Cc1ccc(C(C)(C)C)cc1. The van der Waals surface area contributed by atoms with Gasteiger partial charge < -0.3 is 5.32 Å². The van der Waals surface area contributed by atoms with E-state index < -0.39 is 6.04 Å². The number of carbonyl (C=O) groups is 2. The third kappa shape index (κ3) is 7.30. The average molecular weight is 428 g/mol. The van der Waals surface area contributed by atoms with Crippen LogP contribution in [-0.4, -0.2) is 24.1 Å². The normalized spacial score (nSPS) is 12.8. The van der Waals surface area contributed by atoms with Crippen molar-refractivity contribution in [2.45, 2.75) is 52.5 Å². The fraction of sp³-hybridized carbons (Fsp3) is 0.375. The number of nitrogens with one attached hydrogen (secondary N) is 2. The van der Waals surface area contributed by atoms with E-state index in [0.29, 0.717) is 17.0 Å². The fourth-order valence-electron chi connectivity index (χ4n) is 2.86. The average Bonchev–Trinajstić information content (AvgIpc) is 2.67. The zero-order valence-electron chi connectivity index (χ0n) is 18.2. The number of hydrogen-bond donors (Lipinski definition) is 2. The first-order valence-corrected chi connectivity index (χ1v) is 10.4. The second-order valence-electron chi connectivity index (χ2n) is 8.77. The molecule has 0 aliphatic heterocycles. The highest BCUT2D eigenvalue weighted by Crippen LogP contribution is 2.21. The van der Waals surface area contributed by atoms with Gasteiger partial charge >= 0.3 is 0 Å². The molecule has 2 rings (SSSR count). The van der Waals surface area contributed by atoms with Crippen LogP contribution in [0, 0.1) is 5.92 Å². The number of amides is 2. The van der Waals surface area contributed by atoms with Crippen LogP contribution >= 0.6 is 11.6 Å². The molecule has 1 atom stereocenters. The van der Waals surface area contributed by atoms with Gasteiger partial charge in [0.05, 0.1) is 6.21 Å². The molecule has 0 bridgehead atoms. The minimum Gasteiger partial charge on any atom is -0.340 e. The monoisotopic (exact) mass is 427 g/mol. The number of carbonyl (C=O) groups excluding carboxylic acids is 2. The molecule has 2 amide bonds. The number of rotatable bonds is 7. The van der Waals surface area contributed by atoms with Gasteiger partial charge in [-0.3, -0.25) is 9.59 Å². The van der Waals surface area contributed by atoms with Crippen molar-refractivity contribution < 1.29 is 9.59 Å². The highest BCUT2D eigenvalue weighted by atomic mass is 35.5. The van der Waals surface area contributed by atoms with Crippen LogP contribution in [0.3, 0.4) is 0 Å². The summed E-state index contributed by atoms with van der Waals surface area (Å²) >= 11 is 5.87. The number of nitrogens with zero attached hydrogens (tertiary/aromatic N) is 1. The number of hydrogen-bond acceptors (Lipinski definition) is 3. The Morgan fingerprint density at radius 2 is 1.63 bits per heavy atom. The van der Waals surface area contributed by atoms with Gasteiger partial charge in [0.1, 0.15) is 6.04 Å². The van der Waals surface area contributed by atoms with E-state index in [1.165, 1.54) is 5.56 Å². The van der Waals surface area contributed by atoms with Crippen molar-refractivity contribution in [3.05, 3.63) is 70.2 Å². The zero-order chi connectivity index (χ0) is 22.3. The summed E-state index contributed by atoms with van der Waals surface area (Å²) in [6.45, 7) is 10.5. The maximum Gasteiger partial charge on any atom is 0.262 e. The minimum atomic E-state index is -0.686. The fourth-order valence-corrected chi connectivity index (χ4v) is 2.99. The smallest absolute Gasteiger partial charge is 0.262 e. The van der Waals surface area contributed by atoms with Gasteiger partial charge in [-0.2, -0.15) is 5.10 Å². The molecule has 2 N–H and O–H groups in total. The molecule has 30 heavy (non-hydrogen) atoms. The van der Waals surface area contributed by atoms with Crippen molar-refractivity contribution in [3.63, 3.8) is 0 Å². The lowest BCUT2D eigenvalue weighted by Crippen LogP contribution is -2.46. The summed E-state index contributed by atoms with van der Waals surface area (Å²) in [7, 11) is 0. The van der Waals surface area contributed by atoms with Crippen LogP contribution in [0.2, 0.25) is 5.02 Å². The van der Waals surface area contributed by atoms with Crippen molar-refractivity contribution >= 4 is 29.6 Å². The Balaban J connectivity index is 2.01. The van der Waals surface area contributed by atoms with Gasteiger partial charge in [0.25, 0.3) is 11.8 Å². The largest absolute Gasteiger partial charge is 0.340 e. The molecule has 1 unspecified atom stereocenters. The van der Waals surface area contributed by atoms with Gasteiger partial charge in [-0.05, 0) is 53.1 Å². The molecule has 5 nitrogen and oxygen atoms in total. The summed E-state index contributed by atoms with van der Waals surface area (Å²) in [6.07, 6.45) is 2.10. The summed E-state index contributed by atoms with van der Waals surface area (Å²) in [5, 5.41) is 7.40. The first-order valence-electron chi connectivity index (χ1n) is 10.1. The van der Waals surface area contributed by atoms with E-state index >= 15 is 0 Å². The lowest BCUT2D eigenvalue weighted by Gasteiger charge is -2.19. The van der Waals surface area contributed by atoms with E-state index in [9.17, 15) is 9.59 Å². The lowest BCUT2D eigenvalue weighted by atomic mass is 9.87. The molecule has 6 heteroatoms. The Kier molecular flexibility index (Phi) is 8.18. The summed E-state index contributed by atoms with van der Waals surface area (Å²) in [5.41, 5.74) is 5.18. The highest BCUT2D eigenvalue weighted by Gasteiger charge is 2.22. The second-order valence-corrected chi connectivity index (χ2v) is 9.21. The molecule has 0 spiro atoms. The topological polar surface area (TPSA) is 70.6 Å². The number of benzene rings is 2. The predicted molar refractivity (Wildman–Crippen MR) is 123 cm³/mol. The Labute approximate surface area is 183 Å². The van der Waals surface area contributed by atoms with Gasteiger partial charge in [-0.1, -0.05) is 70.5 Å². The molecule has 2 aromatic carbocycles. The van der Waals surface area contributed by atoms with Gasteiger partial charge in [0.2, 0.25) is 0 Å². The first kappa shape index (κ1) is 23.6. The molecule has 160 valence electrons. The Morgan fingerprint density at radius 3 is 2.17 bits per heavy atom. The third-order valence-electron chi connectivity index (χ3n) is 4.60. The molecule has 0 aliphatic rings. The molecule has 0 saturated carbocycles. The predicted octanol–water partition coefficient (Wildman–Crippen LogP) is 4.93. The standard InChI is InChI=1S/C24H30ClN3O2/c1-16(2)14-21(27-22(29)18-8-12-20(25)13-9-18)23(30)28-26-15-17-6-10-19(11-7-17)24(3,4)5/h6-13,15-16,21H,14H2,1-5H3,(H,27,29)(H,28,30). The van der Waals surface area contributed by atoms with Crippen LogP contribution in [0.15, 0.2) is 53.6 Å². The Hall–Kier alpha value is -2.66. The highest BCUT2D eigenvalue weighted by molar-refractivity contribution is 6.30. The van der Waals surface area contributed by atoms with Crippen LogP contribution in [-0.2, 0) is 10.2 Å². The number of halogens is 1. The van der Waals surface area contributed by atoms with Crippen LogP contribution in [0.1, 0.15) is 62.5 Å². The molecular weight excluding hydrogens is 398 g/mol. The van der Waals surface area contributed by atoms with E-state index in [1.807, 2.05) is 26.0 Å². The van der Waals surface area contributed by atoms with Crippen molar-refractivity contribution in [2.24, 2.45) is 11.0 Å². The van der Waals surface area contributed by atoms with Crippen LogP contribution in [0.4, 0.5) is 0 Å². The van der Waals surface area contributed by atoms with E-state index in [1.54, 1.807) is 30.5 Å². The third-order valence-corrected chi connectivity index (χ3v) is 4.85. The van der Waals surface area contributed by atoms with Crippen molar-refractivity contribution in [1.29, 1.82) is 0 Å². The van der Waals surface area contributed by atoms with E-state index in [-0.39, 0.29) is 23.1 Å². The maximum atomic E-state index is 12.6. The van der Waals surface area contributed by atoms with Crippen molar-refractivity contribution in [1.82, 2.24) is 10.7 Å². The zero-order valence-corrected chi connectivity index (χ0v) is 19.0. The van der Waals surface area contributed by atoms with Crippen LogP contribution in [0.25, 0.3) is 0 Å². The molecule has 0 fully saturated rings. The molecular formula is C24H30ClN3O2. The summed E-state index contributed by atoms with van der Waals surface area (Å²) < 4.78 is 0. The first-order chi connectivity index (χ1) is 14.1. The van der Waals surface area contributed by atoms with E-state index in [4.69, 9.17) is 11.6 Å². The Bertz CT molecular complexity index is 882. The molecule has 0 radical (unpaired) electrons. The minimum absolute atomic E-state index is 0.0796. The summed E-state index contributed by atoms with van der Waals surface area (Å²) in [5.74, 6) is -0.456. The molecule has 0 aliphatic carbocycles. The van der Waals surface area contributed by atoms with Crippen molar-refractivity contribution in [3.8, 4) is 0 Å². The second kappa shape index (κ2) is 10.4. The van der Waals surface area contributed by atoms with E-state index in [2.05, 4.69) is 48.7 Å². The number of hydrazone groups is 1. The Morgan fingerprint density at radius 1 is 1.03 bits per heavy atom.